The molecule has 0 N–H and O–H groups in total. The van der Waals surface area contributed by atoms with E-state index in [4.69, 9.17) is 4.74 Å². The number of carbonyl (C=O) groups excluding carboxylic acids is 1. The average molecular weight is 262 g/mol. The van der Waals surface area contributed by atoms with Crippen molar-refractivity contribution in [3.8, 4) is 11.6 Å². The lowest BCUT2D eigenvalue weighted by Gasteiger charge is -2.02. The van der Waals surface area contributed by atoms with Crippen molar-refractivity contribution < 1.29 is 14.3 Å². The minimum atomic E-state index is -0.533. The molecule has 0 radical (unpaired) electrons. The van der Waals surface area contributed by atoms with Crippen LogP contribution in [0.1, 0.15) is 23.8 Å². The van der Waals surface area contributed by atoms with Crippen LogP contribution in [0.4, 0.5) is 0 Å². The van der Waals surface area contributed by atoms with Gasteiger partial charge in [-0.25, -0.2) is 14.8 Å². The lowest BCUT2D eigenvalue weighted by Crippen LogP contribution is -2.04. The third-order valence-electron chi connectivity index (χ3n) is 2.31. The van der Waals surface area contributed by atoms with Crippen molar-refractivity contribution in [3.05, 3.63) is 30.5 Å². The maximum Gasteiger partial charge on any atom is 0.358 e. The molecule has 0 saturated heterocycles. The van der Waals surface area contributed by atoms with Crippen LogP contribution in [0.2, 0.25) is 0 Å². The molecule has 19 heavy (non-hydrogen) atoms. The fraction of sp³-hybridized carbons (Fsp3) is 0.333. The Morgan fingerprint density at radius 3 is 2.79 bits per heavy atom. The quantitative estimate of drug-likeness (QED) is 0.762. The number of aromatic nitrogens is 4. The van der Waals surface area contributed by atoms with Crippen molar-refractivity contribution in [1.82, 2.24) is 19.7 Å². The summed E-state index contributed by atoms with van der Waals surface area (Å²) in [5.41, 5.74) is 0.136. The highest BCUT2D eigenvalue weighted by Crippen LogP contribution is 2.17. The molecule has 0 bridgehead atoms. The number of aryl methyl sites for hydroxylation is 1. The van der Waals surface area contributed by atoms with Gasteiger partial charge in [0.25, 0.3) is 0 Å². The number of methoxy groups -OCH3 is 1. The first-order valence-electron chi connectivity index (χ1n) is 5.83. The van der Waals surface area contributed by atoms with Crippen LogP contribution in [0.5, 0.6) is 11.6 Å². The van der Waals surface area contributed by atoms with E-state index in [0.717, 1.165) is 13.0 Å². The summed E-state index contributed by atoms with van der Waals surface area (Å²) in [5, 5.41) is 4.13. The Bertz CT molecular complexity index is 550. The number of carbonyl (C=O) groups is 1. The van der Waals surface area contributed by atoms with Crippen LogP contribution < -0.4 is 4.74 Å². The SMILES string of the molecule is CCCn1cc(Oc2cnc(C(=O)OC)cn2)cn1. The summed E-state index contributed by atoms with van der Waals surface area (Å²) in [5.74, 6) is 0.340. The fourth-order valence-electron chi connectivity index (χ4n) is 1.45. The zero-order valence-electron chi connectivity index (χ0n) is 10.7. The molecule has 2 aromatic heterocycles. The molecule has 7 heteroatoms. The van der Waals surface area contributed by atoms with E-state index >= 15 is 0 Å². The molecule has 0 aromatic carbocycles. The van der Waals surface area contributed by atoms with Gasteiger partial charge in [0, 0.05) is 6.54 Å². The van der Waals surface area contributed by atoms with Crippen molar-refractivity contribution in [2.45, 2.75) is 19.9 Å². The summed E-state index contributed by atoms with van der Waals surface area (Å²) in [6.45, 7) is 2.90. The first kappa shape index (κ1) is 13.0. The van der Waals surface area contributed by atoms with Crippen LogP contribution in [-0.2, 0) is 11.3 Å². The maximum atomic E-state index is 11.2. The van der Waals surface area contributed by atoms with Crippen LogP contribution in [0.3, 0.4) is 0 Å². The molecule has 0 atom stereocenters. The van der Waals surface area contributed by atoms with Crippen LogP contribution in [0.15, 0.2) is 24.8 Å². The lowest BCUT2D eigenvalue weighted by atomic mass is 10.4. The second kappa shape index (κ2) is 5.94. The largest absolute Gasteiger partial charge is 0.464 e. The normalized spacial score (nSPS) is 10.2. The second-order valence-electron chi connectivity index (χ2n) is 3.77. The van der Waals surface area contributed by atoms with Crippen molar-refractivity contribution in [1.29, 1.82) is 0 Å². The van der Waals surface area contributed by atoms with Crippen LogP contribution in [0, 0.1) is 0 Å². The number of ether oxygens (including phenoxy) is 2. The summed E-state index contributed by atoms with van der Waals surface area (Å²) in [6, 6.07) is 0. The molecule has 100 valence electrons. The molecule has 0 amide bonds. The number of rotatable bonds is 5. The Morgan fingerprint density at radius 2 is 2.16 bits per heavy atom. The topological polar surface area (TPSA) is 79.1 Å². The van der Waals surface area contributed by atoms with Crippen LogP contribution in [-0.4, -0.2) is 32.8 Å². The Labute approximate surface area is 110 Å². The van der Waals surface area contributed by atoms with Gasteiger partial charge in [-0.15, -0.1) is 0 Å². The van der Waals surface area contributed by atoms with Gasteiger partial charge in [-0.05, 0) is 6.42 Å². The summed E-state index contributed by atoms with van der Waals surface area (Å²) in [7, 11) is 1.29. The molecule has 0 unspecified atom stereocenters. The van der Waals surface area contributed by atoms with E-state index in [9.17, 15) is 4.79 Å². The van der Waals surface area contributed by atoms with Crippen molar-refractivity contribution >= 4 is 5.97 Å². The van der Waals surface area contributed by atoms with Gasteiger partial charge >= 0.3 is 5.97 Å². The summed E-state index contributed by atoms with van der Waals surface area (Å²) < 4.78 is 11.8. The van der Waals surface area contributed by atoms with Gasteiger partial charge in [0.15, 0.2) is 11.4 Å². The predicted molar refractivity (Wildman–Crippen MR) is 66.0 cm³/mol. The molecular formula is C12H14N4O3. The fourth-order valence-corrected chi connectivity index (χ4v) is 1.45. The number of nitrogens with zero attached hydrogens (tertiary/aromatic N) is 4. The maximum absolute atomic E-state index is 11.2. The Balaban J connectivity index is 2.04. The second-order valence-corrected chi connectivity index (χ2v) is 3.77. The van der Waals surface area contributed by atoms with E-state index in [-0.39, 0.29) is 5.69 Å². The molecule has 2 heterocycles. The van der Waals surface area contributed by atoms with E-state index < -0.39 is 5.97 Å². The summed E-state index contributed by atoms with van der Waals surface area (Å²) >= 11 is 0. The highest BCUT2D eigenvalue weighted by molar-refractivity contribution is 5.86. The summed E-state index contributed by atoms with van der Waals surface area (Å²) in [6.07, 6.45) is 7.04. The van der Waals surface area contributed by atoms with E-state index in [1.807, 2.05) is 0 Å². The van der Waals surface area contributed by atoms with Gasteiger partial charge in [0.1, 0.15) is 0 Å². The first-order valence-corrected chi connectivity index (χ1v) is 5.83. The minimum Gasteiger partial charge on any atom is -0.464 e. The molecule has 7 nitrogen and oxygen atoms in total. The van der Waals surface area contributed by atoms with Crippen molar-refractivity contribution in [3.63, 3.8) is 0 Å². The Hall–Kier alpha value is -2.44. The summed E-state index contributed by atoms with van der Waals surface area (Å²) in [4.78, 5) is 19.1. The highest BCUT2D eigenvalue weighted by atomic mass is 16.5. The van der Waals surface area contributed by atoms with Gasteiger partial charge in [0.05, 0.1) is 31.9 Å². The monoisotopic (exact) mass is 262 g/mol. The molecule has 0 aliphatic heterocycles. The minimum absolute atomic E-state index is 0.136. The zero-order chi connectivity index (χ0) is 13.7. The van der Waals surface area contributed by atoms with E-state index in [2.05, 4.69) is 26.7 Å². The standard InChI is InChI=1S/C12H14N4O3/c1-3-4-16-8-9(5-15-16)19-11-7-13-10(6-14-11)12(17)18-2/h5-8H,3-4H2,1-2H3. The average Bonchev–Trinajstić information content (AvgIpc) is 2.86. The number of hydrogen-bond acceptors (Lipinski definition) is 6. The molecule has 0 aliphatic carbocycles. The van der Waals surface area contributed by atoms with Crippen molar-refractivity contribution in [2.24, 2.45) is 0 Å². The highest BCUT2D eigenvalue weighted by Gasteiger charge is 2.08. The molecule has 0 saturated carbocycles. The van der Waals surface area contributed by atoms with Gasteiger partial charge < -0.3 is 9.47 Å². The smallest absolute Gasteiger partial charge is 0.358 e. The van der Waals surface area contributed by atoms with Gasteiger partial charge in [-0.1, -0.05) is 6.92 Å². The molecule has 0 fully saturated rings. The molecule has 0 spiro atoms. The molecule has 2 aromatic rings. The third kappa shape index (κ3) is 3.27. The zero-order valence-corrected chi connectivity index (χ0v) is 10.7. The van der Waals surface area contributed by atoms with Crippen LogP contribution in [0.25, 0.3) is 0 Å². The van der Waals surface area contributed by atoms with Crippen LogP contribution >= 0.6 is 0 Å². The van der Waals surface area contributed by atoms with Crippen molar-refractivity contribution in [2.75, 3.05) is 7.11 Å². The molecular weight excluding hydrogens is 248 g/mol. The Kier molecular flexibility index (Phi) is 4.07. The van der Waals surface area contributed by atoms with E-state index in [1.54, 1.807) is 17.1 Å². The van der Waals surface area contributed by atoms with E-state index in [1.165, 1.54) is 19.5 Å². The number of hydrogen-bond donors (Lipinski definition) is 0. The Morgan fingerprint density at radius 1 is 1.32 bits per heavy atom. The molecule has 0 aliphatic rings. The number of esters is 1. The van der Waals surface area contributed by atoms with Gasteiger partial charge in [0.2, 0.25) is 5.88 Å². The predicted octanol–water partition coefficient (Wildman–Crippen LogP) is 1.66. The molecule has 2 rings (SSSR count). The first-order chi connectivity index (χ1) is 9.22. The third-order valence-corrected chi connectivity index (χ3v) is 2.31. The lowest BCUT2D eigenvalue weighted by molar-refractivity contribution is 0.0593. The van der Waals surface area contributed by atoms with Gasteiger partial charge in [-0.3, -0.25) is 4.68 Å². The van der Waals surface area contributed by atoms with Gasteiger partial charge in [-0.2, -0.15) is 5.10 Å². The van der Waals surface area contributed by atoms with E-state index in [0.29, 0.717) is 11.6 Å².